The summed E-state index contributed by atoms with van der Waals surface area (Å²) in [6.45, 7) is 6.46. The molecule has 0 aliphatic carbocycles. The summed E-state index contributed by atoms with van der Waals surface area (Å²) in [5.74, 6) is -0.338. The predicted molar refractivity (Wildman–Crippen MR) is 80.1 cm³/mol. The molecule has 1 fully saturated rings. The van der Waals surface area contributed by atoms with Crippen LogP contribution in [0.25, 0.3) is 0 Å². The van der Waals surface area contributed by atoms with Crippen LogP contribution in [0.2, 0.25) is 0 Å². The SMILES string of the molecule is CC.Cc1ccc(N2CC(Cn3ccnn3)OC2=O)cc1F. The Morgan fingerprint density at radius 2 is 2.18 bits per heavy atom. The lowest BCUT2D eigenvalue weighted by Crippen LogP contribution is -2.26. The second kappa shape index (κ2) is 7.02. The van der Waals surface area contributed by atoms with E-state index in [1.165, 1.54) is 11.0 Å². The molecule has 22 heavy (non-hydrogen) atoms. The molecule has 1 aromatic heterocycles. The molecule has 0 saturated carbocycles. The molecule has 0 N–H and O–H groups in total. The molecule has 1 saturated heterocycles. The van der Waals surface area contributed by atoms with Gasteiger partial charge in [-0.25, -0.2) is 13.9 Å². The maximum Gasteiger partial charge on any atom is 0.414 e. The monoisotopic (exact) mass is 306 g/mol. The van der Waals surface area contributed by atoms with Gasteiger partial charge in [-0.1, -0.05) is 25.1 Å². The molecule has 1 aliphatic heterocycles. The van der Waals surface area contributed by atoms with E-state index in [9.17, 15) is 9.18 Å². The van der Waals surface area contributed by atoms with E-state index in [4.69, 9.17) is 4.74 Å². The van der Waals surface area contributed by atoms with E-state index in [-0.39, 0.29) is 11.9 Å². The van der Waals surface area contributed by atoms with Crippen molar-refractivity contribution in [1.29, 1.82) is 0 Å². The third kappa shape index (κ3) is 3.41. The second-order valence-corrected chi connectivity index (χ2v) is 4.67. The van der Waals surface area contributed by atoms with Gasteiger partial charge in [0.25, 0.3) is 0 Å². The van der Waals surface area contributed by atoms with Crippen molar-refractivity contribution in [3.63, 3.8) is 0 Å². The van der Waals surface area contributed by atoms with Crippen molar-refractivity contribution in [2.24, 2.45) is 0 Å². The summed E-state index contributed by atoms with van der Waals surface area (Å²) in [6.07, 6.45) is 2.46. The number of hydrogen-bond acceptors (Lipinski definition) is 4. The van der Waals surface area contributed by atoms with Gasteiger partial charge in [-0.15, -0.1) is 5.10 Å². The zero-order chi connectivity index (χ0) is 16.1. The third-order valence-electron chi connectivity index (χ3n) is 3.20. The van der Waals surface area contributed by atoms with E-state index >= 15 is 0 Å². The van der Waals surface area contributed by atoms with E-state index in [1.807, 2.05) is 13.8 Å². The van der Waals surface area contributed by atoms with Gasteiger partial charge in [-0.2, -0.15) is 0 Å². The number of carbonyl (C=O) groups is 1. The number of anilines is 1. The van der Waals surface area contributed by atoms with Crippen LogP contribution in [0.5, 0.6) is 0 Å². The van der Waals surface area contributed by atoms with Gasteiger partial charge in [0.05, 0.1) is 25.0 Å². The van der Waals surface area contributed by atoms with Crippen LogP contribution in [0.4, 0.5) is 14.9 Å². The molecule has 2 heterocycles. The lowest BCUT2D eigenvalue weighted by Gasteiger charge is -2.13. The molecule has 3 rings (SSSR count). The molecule has 1 atom stereocenters. The Balaban J connectivity index is 0.000000847. The molecular formula is C15H19FN4O2. The number of aromatic nitrogens is 3. The maximum atomic E-state index is 13.6. The van der Waals surface area contributed by atoms with Crippen LogP contribution in [0.3, 0.4) is 0 Å². The van der Waals surface area contributed by atoms with E-state index in [0.29, 0.717) is 24.3 Å². The summed E-state index contributed by atoms with van der Waals surface area (Å²) in [6, 6.07) is 4.69. The number of benzene rings is 1. The van der Waals surface area contributed by atoms with Gasteiger partial charge in [0.2, 0.25) is 0 Å². The van der Waals surface area contributed by atoms with Gasteiger partial charge in [0, 0.05) is 6.20 Å². The minimum absolute atomic E-state index is 0.325. The van der Waals surface area contributed by atoms with E-state index in [1.54, 1.807) is 36.1 Å². The summed E-state index contributed by atoms with van der Waals surface area (Å²) in [5, 5.41) is 7.52. The van der Waals surface area contributed by atoms with Crippen molar-refractivity contribution >= 4 is 11.8 Å². The fourth-order valence-electron chi connectivity index (χ4n) is 2.12. The van der Waals surface area contributed by atoms with Crippen LogP contribution in [-0.2, 0) is 11.3 Å². The van der Waals surface area contributed by atoms with Crippen molar-refractivity contribution in [1.82, 2.24) is 15.0 Å². The van der Waals surface area contributed by atoms with Gasteiger partial charge < -0.3 is 4.74 Å². The van der Waals surface area contributed by atoms with Gasteiger partial charge in [-0.05, 0) is 24.6 Å². The second-order valence-electron chi connectivity index (χ2n) is 4.67. The van der Waals surface area contributed by atoms with Gasteiger partial charge >= 0.3 is 6.09 Å². The number of ether oxygens (including phenoxy) is 1. The number of nitrogens with zero attached hydrogens (tertiary/aromatic N) is 4. The first-order valence-corrected chi connectivity index (χ1v) is 7.22. The molecular weight excluding hydrogens is 287 g/mol. The molecule has 118 valence electrons. The number of hydrogen-bond donors (Lipinski definition) is 0. The van der Waals surface area contributed by atoms with Crippen LogP contribution < -0.4 is 4.90 Å². The number of rotatable bonds is 3. The number of carbonyl (C=O) groups excluding carboxylic acids is 1. The first-order valence-electron chi connectivity index (χ1n) is 7.22. The van der Waals surface area contributed by atoms with Crippen LogP contribution in [-0.4, -0.2) is 33.7 Å². The lowest BCUT2D eigenvalue weighted by atomic mass is 10.2. The largest absolute Gasteiger partial charge is 0.442 e. The maximum absolute atomic E-state index is 13.6. The number of halogens is 1. The fraction of sp³-hybridized carbons (Fsp3) is 0.400. The van der Waals surface area contributed by atoms with Crippen molar-refractivity contribution < 1.29 is 13.9 Å². The molecule has 6 nitrogen and oxygen atoms in total. The Kier molecular flexibility index (Phi) is 5.08. The Morgan fingerprint density at radius 1 is 1.41 bits per heavy atom. The van der Waals surface area contributed by atoms with Crippen LogP contribution in [0.1, 0.15) is 19.4 Å². The summed E-state index contributed by atoms with van der Waals surface area (Å²) < 4.78 is 20.4. The Bertz CT molecular complexity index is 630. The Morgan fingerprint density at radius 3 is 2.82 bits per heavy atom. The van der Waals surface area contributed by atoms with Gasteiger partial charge in [-0.3, -0.25) is 4.90 Å². The summed E-state index contributed by atoms with van der Waals surface area (Å²) in [5.41, 5.74) is 1.04. The standard InChI is InChI=1S/C13H13FN4O2.C2H6/c1-9-2-3-10(6-12(9)14)18-8-11(20-13(18)19)7-17-5-4-15-16-17;1-2/h2-6,11H,7-8H2,1H3;1-2H3. The van der Waals surface area contributed by atoms with E-state index in [0.717, 1.165) is 0 Å². The first-order chi connectivity index (χ1) is 10.6. The first kappa shape index (κ1) is 15.9. The zero-order valence-electron chi connectivity index (χ0n) is 12.9. The molecule has 7 heteroatoms. The number of amides is 1. The highest BCUT2D eigenvalue weighted by molar-refractivity contribution is 5.89. The van der Waals surface area contributed by atoms with Crippen molar-refractivity contribution in [2.75, 3.05) is 11.4 Å². The van der Waals surface area contributed by atoms with E-state index < -0.39 is 6.09 Å². The average Bonchev–Trinajstić information content (AvgIpc) is 3.14. The molecule has 1 unspecified atom stereocenters. The van der Waals surface area contributed by atoms with Gasteiger partial charge in [0.15, 0.2) is 0 Å². The van der Waals surface area contributed by atoms with E-state index in [2.05, 4.69) is 10.3 Å². The third-order valence-corrected chi connectivity index (χ3v) is 3.20. The highest BCUT2D eigenvalue weighted by Crippen LogP contribution is 2.24. The topological polar surface area (TPSA) is 60.3 Å². The molecule has 1 amide bonds. The molecule has 0 bridgehead atoms. The van der Waals surface area contributed by atoms with Crippen LogP contribution in [0.15, 0.2) is 30.6 Å². The van der Waals surface area contributed by atoms with Crippen LogP contribution >= 0.6 is 0 Å². The summed E-state index contributed by atoms with van der Waals surface area (Å²) in [4.78, 5) is 13.3. The lowest BCUT2D eigenvalue weighted by molar-refractivity contribution is 0.129. The van der Waals surface area contributed by atoms with Gasteiger partial charge in [0.1, 0.15) is 11.9 Å². The minimum atomic E-state index is -0.474. The van der Waals surface area contributed by atoms with Crippen molar-refractivity contribution in [2.45, 2.75) is 33.4 Å². The highest BCUT2D eigenvalue weighted by atomic mass is 19.1. The van der Waals surface area contributed by atoms with Crippen LogP contribution in [0, 0.1) is 12.7 Å². The average molecular weight is 306 g/mol. The predicted octanol–water partition coefficient (Wildman–Crippen LogP) is 2.78. The van der Waals surface area contributed by atoms with Crippen molar-refractivity contribution in [3.8, 4) is 0 Å². The summed E-state index contributed by atoms with van der Waals surface area (Å²) in [7, 11) is 0. The summed E-state index contributed by atoms with van der Waals surface area (Å²) >= 11 is 0. The Labute approximate surface area is 128 Å². The quantitative estimate of drug-likeness (QED) is 0.875. The molecule has 0 radical (unpaired) electrons. The normalized spacial score (nSPS) is 17.0. The number of aryl methyl sites for hydroxylation is 1. The smallest absolute Gasteiger partial charge is 0.414 e. The fourth-order valence-corrected chi connectivity index (χ4v) is 2.12. The minimum Gasteiger partial charge on any atom is -0.442 e. The molecule has 0 spiro atoms. The highest BCUT2D eigenvalue weighted by Gasteiger charge is 2.32. The molecule has 1 aromatic carbocycles. The Hall–Kier alpha value is -2.44. The van der Waals surface area contributed by atoms with Crippen molar-refractivity contribution in [3.05, 3.63) is 42.0 Å². The zero-order valence-corrected chi connectivity index (χ0v) is 12.9. The molecule has 1 aliphatic rings. The molecule has 2 aromatic rings. The number of cyclic esters (lactones) is 1.